The number of carbonyl (C=O) groups is 1. The van der Waals surface area contributed by atoms with Crippen LogP contribution in [0.4, 0.5) is 13.2 Å². The van der Waals surface area contributed by atoms with Gasteiger partial charge in [0.15, 0.2) is 6.20 Å². The number of amides is 1. The van der Waals surface area contributed by atoms with Crippen molar-refractivity contribution in [2.45, 2.75) is 18.4 Å². The van der Waals surface area contributed by atoms with Gasteiger partial charge in [-0.25, -0.2) is 4.98 Å². The van der Waals surface area contributed by atoms with E-state index >= 15 is 0 Å². The second-order valence-corrected chi connectivity index (χ2v) is 7.17. The van der Waals surface area contributed by atoms with Crippen LogP contribution in [0.1, 0.15) is 23.5 Å². The summed E-state index contributed by atoms with van der Waals surface area (Å²) in [6.45, 7) is 0. The molecule has 0 saturated heterocycles. The highest BCUT2D eigenvalue weighted by molar-refractivity contribution is 6.30. The molecule has 30 heavy (non-hydrogen) atoms. The highest BCUT2D eigenvalue weighted by Gasteiger charge is 2.47. The third kappa shape index (κ3) is 3.91. The van der Waals surface area contributed by atoms with Crippen LogP contribution in [-0.4, -0.2) is 17.0 Å². The van der Waals surface area contributed by atoms with E-state index in [0.717, 1.165) is 5.56 Å². The number of alkyl halides is 3. The van der Waals surface area contributed by atoms with Gasteiger partial charge < -0.3 is 15.5 Å². The molecule has 0 aliphatic carbocycles. The Morgan fingerprint density at radius 2 is 1.93 bits per heavy atom. The molecule has 1 amide bonds. The quantitative estimate of drug-likeness (QED) is 0.771. The Bertz CT molecular complexity index is 1030. The summed E-state index contributed by atoms with van der Waals surface area (Å²) in [5.41, 5.74) is 1.18. The number of hydrogen-bond donors (Lipinski definition) is 2. The largest absolute Gasteiger partial charge is 0.418 e. The molecule has 0 radical (unpaired) electrons. The lowest BCUT2D eigenvalue weighted by molar-refractivity contribution is -0.401. The molecule has 1 aromatic carbocycles. The first-order chi connectivity index (χ1) is 14.3. The van der Waals surface area contributed by atoms with Crippen molar-refractivity contribution in [1.82, 2.24) is 15.5 Å². The molecule has 0 fully saturated rings. The van der Waals surface area contributed by atoms with Crippen molar-refractivity contribution in [3.05, 3.63) is 101 Å². The average Bonchev–Trinajstić information content (AvgIpc) is 3.12. The number of allylic oxidation sites excluding steroid dienone is 3. The van der Waals surface area contributed by atoms with Crippen molar-refractivity contribution in [3.63, 3.8) is 0 Å². The lowest BCUT2D eigenvalue weighted by atomic mass is 10.1. The Morgan fingerprint density at radius 1 is 1.17 bits per heavy atom. The zero-order chi connectivity index (χ0) is 21.3. The number of benzene rings is 1. The molecule has 3 heterocycles. The summed E-state index contributed by atoms with van der Waals surface area (Å²) in [6.07, 6.45) is 3.19. The molecule has 9 heteroatoms. The maximum absolute atomic E-state index is 13.6. The van der Waals surface area contributed by atoms with Gasteiger partial charge in [0.2, 0.25) is 11.7 Å². The minimum atomic E-state index is -4.67. The number of H-pyrrole nitrogens is 1. The average molecular weight is 434 g/mol. The van der Waals surface area contributed by atoms with Gasteiger partial charge in [0, 0.05) is 23.4 Å². The van der Waals surface area contributed by atoms with Crippen molar-refractivity contribution in [2.75, 3.05) is 0 Å². The fourth-order valence-corrected chi connectivity index (χ4v) is 3.50. The molecule has 0 bridgehead atoms. The highest BCUT2D eigenvalue weighted by atomic mass is 35.5. The second kappa shape index (κ2) is 7.87. The van der Waals surface area contributed by atoms with E-state index in [1.807, 2.05) is 0 Å². The van der Waals surface area contributed by atoms with Gasteiger partial charge in [0.05, 0.1) is 5.70 Å². The number of pyridine rings is 1. The lowest BCUT2D eigenvalue weighted by Crippen LogP contribution is -2.43. The van der Waals surface area contributed by atoms with Crippen LogP contribution in [0.25, 0.3) is 0 Å². The van der Waals surface area contributed by atoms with Crippen molar-refractivity contribution < 1.29 is 22.9 Å². The van der Waals surface area contributed by atoms with Gasteiger partial charge in [-0.1, -0.05) is 35.9 Å². The van der Waals surface area contributed by atoms with Crippen molar-refractivity contribution >= 4 is 17.5 Å². The fourth-order valence-electron chi connectivity index (χ4n) is 3.37. The third-order valence-electron chi connectivity index (χ3n) is 4.77. The molecule has 154 valence electrons. The lowest BCUT2D eigenvalue weighted by Gasteiger charge is -2.26. The van der Waals surface area contributed by atoms with E-state index < -0.39 is 24.3 Å². The fraction of sp³-hybridized carbons (Fsp3) is 0.143. The number of fused-ring (bicyclic) bond motifs is 1. The summed E-state index contributed by atoms with van der Waals surface area (Å²) >= 11 is 5.95. The number of rotatable bonds is 4. The van der Waals surface area contributed by atoms with Gasteiger partial charge in [0.1, 0.15) is 11.9 Å². The predicted octanol–water partition coefficient (Wildman–Crippen LogP) is 3.77. The van der Waals surface area contributed by atoms with Crippen LogP contribution in [0.5, 0.6) is 0 Å². The molecule has 2 aromatic rings. The third-order valence-corrected chi connectivity index (χ3v) is 5.02. The molecule has 4 rings (SSSR count). The zero-order valence-corrected chi connectivity index (χ0v) is 16.2. The van der Waals surface area contributed by atoms with E-state index in [4.69, 9.17) is 11.6 Å². The van der Waals surface area contributed by atoms with E-state index in [0.29, 0.717) is 10.7 Å². The Labute approximate surface area is 175 Å². The number of halogens is 4. The summed E-state index contributed by atoms with van der Waals surface area (Å²) in [7, 11) is 0. The molecule has 0 spiro atoms. The summed E-state index contributed by atoms with van der Waals surface area (Å²) in [6, 6.07) is 9.16. The topological polar surface area (TPSA) is 58.5 Å². The first kappa shape index (κ1) is 20.0. The molecular formula is C21H17ClF3N4O+. The molecule has 3 N–H and O–H groups in total. The molecule has 2 aliphatic rings. The summed E-state index contributed by atoms with van der Waals surface area (Å²) < 4.78 is 40.9. The zero-order valence-electron chi connectivity index (χ0n) is 15.5. The minimum Gasteiger partial charge on any atom is -0.355 e. The van der Waals surface area contributed by atoms with Crippen LogP contribution < -0.4 is 15.6 Å². The van der Waals surface area contributed by atoms with Crippen LogP contribution in [0.2, 0.25) is 5.02 Å². The SMILES string of the molecule is O=C(NC(c1cccc[nH+]1)C(F)(F)F)C1=C2C=CC=CN2C(c2ccc(Cl)cc2)N1. The number of nitrogens with zero attached hydrogens (tertiary/aromatic N) is 1. The van der Waals surface area contributed by atoms with E-state index in [1.165, 1.54) is 18.3 Å². The van der Waals surface area contributed by atoms with Gasteiger partial charge in [-0.2, -0.15) is 13.2 Å². The maximum atomic E-state index is 13.6. The van der Waals surface area contributed by atoms with Crippen molar-refractivity contribution in [1.29, 1.82) is 0 Å². The number of aromatic nitrogens is 1. The van der Waals surface area contributed by atoms with Gasteiger partial charge in [0.25, 0.3) is 5.91 Å². The first-order valence-electron chi connectivity index (χ1n) is 9.08. The van der Waals surface area contributed by atoms with E-state index in [2.05, 4.69) is 15.6 Å². The van der Waals surface area contributed by atoms with Crippen LogP contribution in [0.3, 0.4) is 0 Å². The van der Waals surface area contributed by atoms with Gasteiger partial charge in [-0.05, 0) is 29.8 Å². The van der Waals surface area contributed by atoms with E-state index in [9.17, 15) is 18.0 Å². The van der Waals surface area contributed by atoms with Crippen molar-refractivity contribution in [2.24, 2.45) is 0 Å². The molecule has 5 nitrogen and oxygen atoms in total. The molecule has 2 atom stereocenters. The van der Waals surface area contributed by atoms with Crippen LogP contribution >= 0.6 is 11.6 Å². The Kier molecular flexibility index (Phi) is 5.26. The summed E-state index contributed by atoms with van der Waals surface area (Å²) in [5, 5.41) is 5.71. The summed E-state index contributed by atoms with van der Waals surface area (Å²) in [5.74, 6) is -0.856. The molecule has 2 unspecified atom stereocenters. The van der Waals surface area contributed by atoms with Gasteiger partial charge in [-0.15, -0.1) is 0 Å². The molecular weight excluding hydrogens is 417 g/mol. The molecule has 1 aromatic heterocycles. The number of aromatic amines is 1. The number of nitrogens with one attached hydrogen (secondary N) is 3. The highest BCUT2D eigenvalue weighted by Crippen LogP contribution is 2.36. The molecule has 0 saturated carbocycles. The van der Waals surface area contributed by atoms with Gasteiger partial charge in [-0.3, -0.25) is 4.79 Å². The van der Waals surface area contributed by atoms with Crippen LogP contribution in [-0.2, 0) is 4.79 Å². The summed E-state index contributed by atoms with van der Waals surface area (Å²) in [4.78, 5) is 17.2. The Balaban J connectivity index is 1.63. The van der Waals surface area contributed by atoms with Gasteiger partial charge >= 0.3 is 6.18 Å². The van der Waals surface area contributed by atoms with Crippen LogP contribution in [0, 0.1) is 0 Å². The Morgan fingerprint density at radius 3 is 2.60 bits per heavy atom. The first-order valence-corrected chi connectivity index (χ1v) is 9.46. The van der Waals surface area contributed by atoms with Crippen molar-refractivity contribution in [3.8, 4) is 0 Å². The minimum absolute atomic E-state index is 0.0562. The standard InChI is InChI=1S/C21H16ClF3N4O/c22-14-9-7-13(8-10-14)19-27-17(16-6-2-4-12-29(16)19)20(30)28-18(21(23,24)25)15-5-1-3-11-26-15/h1-12,18-19,27H,(H,28,30)/p+1. The predicted molar refractivity (Wildman–Crippen MR) is 104 cm³/mol. The maximum Gasteiger partial charge on any atom is 0.418 e. The van der Waals surface area contributed by atoms with E-state index in [1.54, 1.807) is 59.7 Å². The monoisotopic (exact) mass is 433 g/mol. The smallest absolute Gasteiger partial charge is 0.355 e. The molecule has 2 aliphatic heterocycles. The second-order valence-electron chi connectivity index (χ2n) is 6.73. The normalized spacial score (nSPS) is 18.8. The number of carbonyl (C=O) groups excluding carboxylic acids is 1. The van der Waals surface area contributed by atoms with Crippen LogP contribution in [0.15, 0.2) is 84.5 Å². The van der Waals surface area contributed by atoms with E-state index in [-0.39, 0.29) is 11.4 Å². The Hall–Kier alpha value is -3.26. The number of hydrogen-bond acceptors (Lipinski definition) is 3.